The molecule has 0 saturated carbocycles. The van der Waals surface area contributed by atoms with Crippen LogP contribution >= 0.6 is 11.6 Å². The van der Waals surface area contributed by atoms with Crippen molar-refractivity contribution in [2.75, 3.05) is 10.5 Å². The van der Waals surface area contributed by atoms with Crippen molar-refractivity contribution in [3.63, 3.8) is 0 Å². The zero-order chi connectivity index (χ0) is 14.9. The standard InChI is InChI=1S/C12H10ClFN2O3S/c13-9-3-1-7(5-10(9)14)16-20(18,19)8-2-4-12(17)11(15)6-8/h1-6,16-17H,15H2. The van der Waals surface area contributed by atoms with Crippen LogP contribution in [0.3, 0.4) is 0 Å². The number of rotatable bonds is 3. The quantitative estimate of drug-likeness (QED) is 0.599. The normalized spacial score (nSPS) is 11.3. The van der Waals surface area contributed by atoms with Gasteiger partial charge in [0.2, 0.25) is 0 Å². The number of benzene rings is 2. The molecule has 0 radical (unpaired) electrons. The average Bonchev–Trinajstić information content (AvgIpc) is 2.37. The molecule has 0 saturated heterocycles. The molecule has 0 heterocycles. The molecule has 2 rings (SSSR count). The van der Waals surface area contributed by atoms with E-state index < -0.39 is 15.8 Å². The number of nitrogens with one attached hydrogen (secondary N) is 1. The molecule has 0 unspecified atom stereocenters. The van der Waals surface area contributed by atoms with Gasteiger partial charge in [-0.05, 0) is 36.4 Å². The van der Waals surface area contributed by atoms with Gasteiger partial charge in [-0.1, -0.05) is 11.6 Å². The van der Waals surface area contributed by atoms with Crippen LogP contribution in [0.5, 0.6) is 5.75 Å². The highest BCUT2D eigenvalue weighted by atomic mass is 35.5. The Labute approximate surface area is 119 Å². The van der Waals surface area contributed by atoms with Crippen molar-refractivity contribution in [3.8, 4) is 5.75 Å². The molecule has 5 nitrogen and oxygen atoms in total. The minimum Gasteiger partial charge on any atom is -0.506 e. The summed E-state index contributed by atoms with van der Waals surface area (Å²) >= 11 is 5.51. The van der Waals surface area contributed by atoms with Crippen molar-refractivity contribution in [1.82, 2.24) is 0 Å². The summed E-state index contributed by atoms with van der Waals surface area (Å²) in [6, 6.07) is 6.97. The molecular weight excluding hydrogens is 307 g/mol. The molecule has 20 heavy (non-hydrogen) atoms. The van der Waals surface area contributed by atoms with E-state index in [1.807, 2.05) is 0 Å². The Bertz CT molecular complexity index is 765. The first kappa shape index (κ1) is 14.4. The lowest BCUT2D eigenvalue weighted by Crippen LogP contribution is -2.13. The summed E-state index contributed by atoms with van der Waals surface area (Å²) in [5.74, 6) is -0.960. The topological polar surface area (TPSA) is 92.4 Å². The van der Waals surface area contributed by atoms with Crippen molar-refractivity contribution in [1.29, 1.82) is 0 Å². The van der Waals surface area contributed by atoms with Crippen LogP contribution < -0.4 is 10.5 Å². The molecule has 0 aliphatic rings. The first-order valence-electron chi connectivity index (χ1n) is 5.36. The zero-order valence-electron chi connectivity index (χ0n) is 9.97. The number of aromatic hydroxyl groups is 1. The molecule has 0 amide bonds. The molecule has 0 fully saturated rings. The van der Waals surface area contributed by atoms with Crippen LogP contribution in [0.1, 0.15) is 0 Å². The highest BCUT2D eigenvalue weighted by molar-refractivity contribution is 7.92. The summed E-state index contributed by atoms with van der Waals surface area (Å²) in [6.07, 6.45) is 0. The Morgan fingerprint density at radius 2 is 1.90 bits per heavy atom. The summed E-state index contributed by atoms with van der Waals surface area (Å²) in [6.45, 7) is 0. The van der Waals surface area contributed by atoms with E-state index >= 15 is 0 Å². The van der Waals surface area contributed by atoms with Crippen LogP contribution in [0, 0.1) is 5.82 Å². The molecule has 4 N–H and O–H groups in total. The molecule has 0 atom stereocenters. The lowest BCUT2D eigenvalue weighted by molar-refractivity contribution is 0.477. The van der Waals surface area contributed by atoms with E-state index in [0.29, 0.717) is 0 Å². The third-order valence-electron chi connectivity index (χ3n) is 2.48. The van der Waals surface area contributed by atoms with E-state index in [1.54, 1.807) is 0 Å². The highest BCUT2D eigenvalue weighted by Gasteiger charge is 2.16. The fourth-order valence-electron chi connectivity index (χ4n) is 1.47. The molecule has 8 heteroatoms. The van der Waals surface area contributed by atoms with Gasteiger partial charge in [-0.3, -0.25) is 4.72 Å². The van der Waals surface area contributed by atoms with E-state index in [1.165, 1.54) is 18.2 Å². The Balaban J connectivity index is 2.35. The van der Waals surface area contributed by atoms with Crippen molar-refractivity contribution in [3.05, 3.63) is 47.2 Å². The third kappa shape index (κ3) is 2.94. The van der Waals surface area contributed by atoms with Gasteiger partial charge in [0.25, 0.3) is 10.0 Å². The predicted octanol–water partition coefficient (Wildman–Crippen LogP) is 2.57. The first-order valence-corrected chi connectivity index (χ1v) is 7.22. The highest BCUT2D eigenvalue weighted by Crippen LogP contribution is 2.25. The number of hydrogen-bond donors (Lipinski definition) is 3. The molecule has 0 aromatic heterocycles. The van der Waals surface area contributed by atoms with E-state index in [4.69, 9.17) is 17.3 Å². The number of sulfonamides is 1. The number of halogens is 2. The number of phenolic OH excluding ortho intramolecular Hbond substituents is 1. The van der Waals surface area contributed by atoms with Crippen molar-refractivity contribution < 1.29 is 17.9 Å². The largest absolute Gasteiger partial charge is 0.506 e. The maximum atomic E-state index is 13.3. The predicted molar refractivity (Wildman–Crippen MR) is 74.7 cm³/mol. The van der Waals surface area contributed by atoms with Gasteiger partial charge in [0.1, 0.15) is 11.6 Å². The van der Waals surface area contributed by atoms with Gasteiger partial charge in [0, 0.05) is 0 Å². The van der Waals surface area contributed by atoms with Crippen molar-refractivity contribution >= 4 is 33.0 Å². The Kier molecular flexibility index (Phi) is 3.74. The summed E-state index contributed by atoms with van der Waals surface area (Å²) < 4.78 is 39.6. The zero-order valence-corrected chi connectivity index (χ0v) is 11.5. The second-order valence-electron chi connectivity index (χ2n) is 3.96. The van der Waals surface area contributed by atoms with E-state index in [0.717, 1.165) is 18.2 Å². The van der Waals surface area contributed by atoms with Crippen LogP contribution in [0.4, 0.5) is 15.8 Å². The van der Waals surface area contributed by atoms with Crippen molar-refractivity contribution in [2.24, 2.45) is 0 Å². The van der Waals surface area contributed by atoms with Gasteiger partial charge >= 0.3 is 0 Å². The van der Waals surface area contributed by atoms with Crippen LogP contribution in [0.15, 0.2) is 41.3 Å². The Morgan fingerprint density at radius 3 is 2.50 bits per heavy atom. The first-order chi connectivity index (χ1) is 9.29. The third-order valence-corrected chi connectivity index (χ3v) is 4.17. The molecule has 2 aromatic rings. The van der Waals surface area contributed by atoms with Crippen molar-refractivity contribution in [2.45, 2.75) is 4.90 Å². The fraction of sp³-hybridized carbons (Fsp3) is 0. The summed E-state index contributed by atoms with van der Waals surface area (Å²) in [4.78, 5) is -0.150. The molecular formula is C12H10ClFN2O3S. The SMILES string of the molecule is Nc1cc(S(=O)(=O)Nc2ccc(Cl)c(F)c2)ccc1O. The molecule has 2 aromatic carbocycles. The summed E-state index contributed by atoms with van der Waals surface area (Å²) in [7, 11) is -3.93. The number of nitrogen functional groups attached to an aromatic ring is 1. The van der Waals surface area contributed by atoms with E-state index in [2.05, 4.69) is 4.72 Å². The monoisotopic (exact) mass is 316 g/mol. The van der Waals surface area contributed by atoms with Crippen LogP contribution in [0.2, 0.25) is 5.02 Å². The van der Waals surface area contributed by atoms with Crippen LogP contribution in [0.25, 0.3) is 0 Å². The molecule has 0 aliphatic carbocycles. The minimum absolute atomic E-state index is 0.0264. The van der Waals surface area contributed by atoms with Gasteiger partial charge in [0.15, 0.2) is 0 Å². The minimum atomic E-state index is -3.93. The summed E-state index contributed by atoms with van der Waals surface area (Å²) in [5.41, 5.74) is 5.39. The van der Waals surface area contributed by atoms with Gasteiger partial charge in [-0.2, -0.15) is 0 Å². The second-order valence-corrected chi connectivity index (χ2v) is 6.04. The van der Waals surface area contributed by atoms with Gasteiger partial charge < -0.3 is 10.8 Å². The lowest BCUT2D eigenvalue weighted by atomic mass is 10.3. The van der Waals surface area contributed by atoms with Gasteiger partial charge in [-0.15, -0.1) is 0 Å². The molecule has 0 spiro atoms. The summed E-state index contributed by atoms with van der Waals surface area (Å²) in [5, 5.41) is 9.15. The van der Waals surface area contributed by atoms with Gasteiger partial charge in [0.05, 0.1) is 21.3 Å². The average molecular weight is 317 g/mol. The lowest BCUT2D eigenvalue weighted by Gasteiger charge is -2.09. The number of nitrogens with two attached hydrogens (primary N) is 1. The van der Waals surface area contributed by atoms with Crippen LogP contribution in [-0.2, 0) is 10.0 Å². The Hall–Kier alpha value is -1.99. The van der Waals surface area contributed by atoms with E-state index in [-0.39, 0.29) is 27.0 Å². The number of hydrogen-bond acceptors (Lipinski definition) is 4. The number of anilines is 2. The molecule has 106 valence electrons. The van der Waals surface area contributed by atoms with Gasteiger partial charge in [-0.25, -0.2) is 12.8 Å². The molecule has 0 aliphatic heterocycles. The fourth-order valence-corrected chi connectivity index (χ4v) is 2.68. The Morgan fingerprint density at radius 1 is 1.20 bits per heavy atom. The molecule has 0 bridgehead atoms. The second kappa shape index (κ2) is 5.18. The smallest absolute Gasteiger partial charge is 0.261 e. The van der Waals surface area contributed by atoms with E-state index in [9.17, 15) is 17.9 Å². The maximum absolute atomic E-state index is 13.3. The van der Waals surface area contributed by atoms with Crippen LogP contribution in [-0.4, -0.2) is 13.5 Å². The number of phenols is 1. The maximum Gasteiger partial charge on any atom is 0.261 e.